The summed E-state index contributed by atoms with van der Waals surface area (Å²) in [5.41, 5.74) is 3.05. The molecular formula is C13H17N5O. The molecule has 0 radical (unpaired) electrons. The average Bonchev–Trinajstić information content (AvgIpc) is 3.02. The molecule has 1 fully saturated rings. The zero-order valence-corrected chi connectivity index (χ0v) is 10.8. The molecule has 0 bridgehead atoms. The summed E-state index contributed by atoms with van der Waals surface area (Å²) in [4.78, 5) is 21.0. The van der Waals surface area contributed by atoms with Gasteiger partial charge in [0.15, 0.2) is 0 Å². The van der Waals surface area contributed by atoms with E-state index in [1.165, 1.54) is 0 Å². The molecule has 1 aliphatic heterocycles. The number of hydrogen-bond acceptors (Lipinski definition) is 3. The highest BCUT2D eigenvalue weighted by molar-refractivity contribution is 5.79. The third kappa shape index (κ3) is 2.26. The van der Waals surface area contributed by atoms with Gasteiger partial charge in [-0.05, 0) is 24.7 Å². The Bertz CT molecular complexity index is 593. The van der Waals surface area contributed by atoms with E-state index in [0.29, 0.717) is 6.54 Å². The molecule has 1 aromatic heterocycles. The number of benzene rings is 1. The standard InChI is InChI=1S/C13H17N5O/c1-14-4-5-18-7-12(17-13(18)19)9-2-3-10-11(6-9)16-8-15-10/h2-3,6,8,12,14H,4-5,7H2,1H3,(H,15,16)(H,17,19). The van der Waals surface area contributed by atoms with E-state index in [2.05, 4.69) is 26.7 Å². The zero-order chi connectivity index (χ0) is 13.2. The van der Waals surface area contributed by atoms with Crippen LogP contribution in [0.1, 0.15) is 11.6 Å². The maximum atomic E-state index is 11.8. The Hall–Kier alpha value is -2.08. The van der Waals surface area contributed by atoms with Crippen LogP contribution in [0.2, 0.25) is 0 Å². The summed E-state index contributed by atoms with van der Waals surface area (Å²) in [6.45, 7) is 2.24. The van der Waals surface area contributed by atoms with Gasteiger partial charge in [-0.1, -0.05) is 6.07 Å². The second-order valence-corrected chi connectivity index (χ2v) is 4.73. The van der Waals surface area contributed by atoms with Crippen molar-refractivity contribution in [3.8, 4) is 0 Å². The molecule has 1 unspecified atom stereocenters. The Morgan fingerprint density at radius 2 is 2.42 bits per heavy atom. The van der Waals surface area contributed by atoms with Crippen LogP contribution in [0.15, 0.2) is 24.5 Å². The van der Waals surface area contributed by atoms with Crippen molar-refractivity contribution >= 4 is 17.1 Å². The molecule has 1 atom stereocenters. The lowest BCUT2D eigenvalue weighted by atomic mass is 10.1. The number of H-pyrrole nitrogens is 1. The monoisotopic (exact) mass is 259 g/mol. The Balaban J connectivity index is 1.77. The summed E-state index contributed by atoms with van der Waals surface area (Å²) in [5.74, 6) is 0. The van der Waals surface area contributed by atoms with Crippen LogP contribution in [0.3, 0.4) is 0 Å². The van der Waals surface area contributed by atoms with E-state index in [1.54, 1.807) is 6.33 Å². The highest BCUT2D eigenvalue weighted by atomic mass is 16.2. The highest BCUT2D eigenvalue weighted by Crippen LogP contribution is 2.22. The quantitative estimate of drug-likeness (QED) is 0.762. The second kappa shape index (κ2) is 4.89. The smallest absolute Gasteiger partial charge is 0.318 e. The van der Waals surface area contributed by atoms with Crippen LogP contribution in [0.5, 0.6) is 0 Å². The molecule has 0 saturated carbocycles. The van der Waals surface area contributed by atoms with Crippen molar-refractivity contribution < 1.29 is 4.79 Å². The SMILES string of the molecule is CNCCN1CC(c2ccc3nc[nH]c3c2)NC1=O. The van der Waals surface area contributed by atoms with Crippen LogP contribution in [-0.4, -0.2) is 47.6 Å². The van der Waals surface area contributed by atoms with Gasteiger partial charge in [-0.15, -0.1) is 0 Å². The van der Waals surface area contributed by atoms with Crippen LogP contribution >= 0.6 is 0 Å². The number of carbonyl (C=O) groups excluding carboxylic acids is 1. The molecule has 0 spiro atoms. The van der Waals surface area contributed by atoms with Crippen LogP contribution in [-0.2, 0) is 0 Å². The minimum atomic E-state index is 0.00459. The first kappa shape index (κ1) is 12.0. The molecule has 6 nitrogen and oxygen atoms in total. The number of imidazole rings is 1. The molecule has 100 valence electrons. The predicted octanol–water partition coefficient (Wildman–Crippen LogP) is 0.849. The molecule has 3 rings (SSSR count). The Kier molecular flexibility index (Phi) is 3.08. The minimum Gasteiger partial charge on any atom is -0.345 e. The van der Waals surface area contributed by atoms with Gasteiger partial charge in [0.2, 0.25) is 0 Å². The second-order valence-electron chi connectivity index (χ2n) is 4.73. The van der Waals surface area contributed by atoms with Crippen molar-refractivity contribution in [2.75, 3.05) is 26.7 Å². The largest absolute Gasteiger partial charge is 0.345 e. The van der Waals surface area contributed by atoms with Gasteiger partial charge in [-0.3, -0.25) is 0 Å². The first-order chi connectivity index (χ1) is 9.28. The molecule has 1 saturated heterocycles. The highest BCUT2D eigenvalue weighted by Gasteiger charge is 2.29. The molecular weight excluding hydrogens is 242 g/mol. The first-order valence-electron chi connectivity index (χ1n) is 6.41. The lowest BCUT2D eigenvalue weighted by Crippen LogP contribution is -2.33. The summed E-state index contributed by atoms with van der Waals surface area (Å²) in [6.07, 6.45) is 1.68. The van der Waals surface area contributed by atoms with Gasteiger partial charge in [-0.25, -0.2) is 9.78 Å². The number of nitrogens with zero attached hydrogens (tertiary/aromatic N) is 2. The van der Waals surface area contributed by atoms with E-state index < -0.39 is 0 Å². The number of aromatic nitrogens is 2. The molecule has 2 heterocycles. The summed E-state index contributed by atoms with van der Waals surface area (Å²) in [7, 11) is 1.89. The van der Waals surface area contributed by atoms with E-state index in [1.807, 2.05) is 24.1 Å². The van der Waals surface area contributed by atoms with Crippen molar-refractivity contribution in [3.63, 3.8) is 0 Å². The van der Waals surface area contributed by atoms with Gasteiger partial charge in [0, 0.05) is 19.6 Å². The predicted molar refractivity (Wildman–Crippen MR) is 72.9 cm³/mol. The number of aromatic amines is 1. The minimum absolute atomic E-state index is 0.00459. The molecule has 1 aliphatic rings. The van der Waals surface area contributed by atoms with Gasteiger partial charge >= 0.3 is 6.03 Å². The number of likely N-dealkylation sites (N-methyl/N-ethyl adjacent to an activating group) is 1. The molecule has 6 heteroatoms. The van der Waals surface area contributed by atoms with Gasteiger partial charge in [0.05, 0.1) is 23.4 Å². The van der Waals surface area contributed by atoms with E-state index in [0.717, 1.165) is 29.7 Å². The van der Waals surface area contributed by atoms with Crippen molar-refractivity contribution in [2.24, 2.45) is 0 Å². The van der Waals surface area contributed by atoms with Crippen molar-refractivity contribution in [1.82, 2.24) is 25.5 Å². The fraction of sp³-hybridized carbons (Fsp3) is 0.385. The molecule has 2 aromatic rings. The van der Waals surface area contributed by atoms with Crippen LogP contribution in [0.4, 0.5) is 4.79 Å². The molecule has 3 N–H and O–H groups in total. The number of nitrogens with one attached hydrogen (secondary N) is 3. The lowest BCUT2D eigenvalue weighted by Gasteiger charge is -2.14. The molecule has 19 heavy (non-hydrogen) atoms. The van der Waals surface area contributed by atoms with Gasteiger partial charge < -0.3 is 20.5 Å². The summed E-state index contributed by atoms with van der Waals surface area (Å²) < 4.78 is 0. The van der Waals surface area contributed by atoms with Gasteiger partial charge in [-0.2, -0.15) is 0 Å². The van der Waals surface area contributed by atoms with Crippen LogP contribution in [0, 0.1) is 0 Å². The number of carbonyl (C=O) groups is 1. The fourth-order valence-corrected chi connectivity index (χ4v) is 2.39. The topological polar surface area (TPSA) is 73.1 Å². The average molecular weight is 259 g/mol. The first-order valence-corrected chi connectivity index (χ1v) is 6.41. The molecule has 0 aliphatic carbocycles. The number of fused-ring (bicyclic) bond motifs is 1. The fourth-order valence-electron chi connectivity index (χ4n) is 2.39. The zero-order valence-electron chi connectivity index (χ0n) is 10.8. The van der Waals surface area contributed by atoms with E-state index in [9.17, 15) is 4.79 Å². The van der Waals surface area contributed by atoms with E-state index in [4.69, 9.17) is 0 Å². The summed E-state index contributed by atoms with van der Waals surface area (Å²) in [5, 5.41) is 6.07. The van der Waals surface area contributed by atoms with Crippen LogP contribution < -0.4 is 10.6 Å². The maximum absolute atomic E-state index is 11.8. The number of rotatable bonds is 4. The van der Waals surface area contributed by atoms with Gasteiger partial charge in [0.25, 0.3) is 0 Å². The normalized spacial score (nSPS) is 19.1. The summed E-state index contributed by atoms with van der Waals surface area (Å²) >= 11 is 0. The Morgan fingerprint density at radius 3 is 3.26 bits per heavy atom. The van der Waals surface area contributed by atoms with Crippen LogP contribution in [0.25, 0.3) is 11.0 Å². The van der Waals surface area contributed by atoms with Crippen molar-refractivity contribution in [2.45, 2.75) is 6.04 Å². The third-order valence-electron chi connectivity index (χ3n) is 3.47. The number of amides is 2. The van der Waals surface area contributed by atoms with Crippen molar-refractivity contribution in [3.05, 3.63) is 30.1 Å². The molecule has 2 amide bonds. The third-order valence-corrected chi connectivity index (χ3v) is 3.47. The molecule has 1 aromatic carbocycles. The number of urea groups is 1. The lowest BCUT2D eigenvalue weighted by molar-refractivity contribution is 0.218. The number of hydrogen-bond donors (Lipinski definition) is 3. The van der Waals surface area contributed by atoms with E-state index in [-0.39, 0.29) is 12.1 Å². The van der Waals surface area contributed by atoms with E-state index >= 15 is 0 Å². The van der Waals surface area contributed by atoms with Crippen molar-refractivity contribution in [1.29, 1.82) is 0 Å². The summed E-state index contributed by atoms with van der Waals surface area (Å²) in [6, 6.07) is 6.11. The maximum Gasteiger partial charge on any atom is 0.318 e. The van der Waals surface area contributed by atoms with Gasteiger partial charge in [0.1, 0.15) is 0 Å². The Labute approximate surface area is 111 Å². The Morgan fingerprint density at radius 1 is 1.53 bits per heavy atom.